The van der Waals surface area contributed by atoms with Gasteiger partial charge in [0.05, 0.1) is 4.47 Å². The fourth-order valence-corrected chi connectivity index (χ4v) is 1.44. The predicted octanol–water partition coefficient (Wildman–Crippen LogP) is 3.09. The van der Waals surface area contributed by atoms with Crippen molar-refractivity contribution in [3.8, 4) is 5.75 Å². The van der Waals surface area contributed by atoms with Crippen LogP contribution in [-0.4, -0.2) is 12.4 Å². The van der Waals surface area contributed by atoms with Gasteiger partial charge in [0.2, 0.25) is 0 Å². The van der Waals surface area contributed by atoms with Crippen molar-refractivity contribution in [1.82, 2.24) is 0 Å². The SMILES string of the molecule is CCC(=O)COc1c(F)cc(F)cc1Br. The number of ketones is 1. The molecule has 0 heterocycles. The fourth-order valence-electron chi connectivity index (χ4n) is 0.922. The Morgan fingerprint density at radius 3 is 2.67 bits per heavy atom. The van der Waals surface area contributed by atoms with Crippen LogP contribution < -0.4 is 4.74 Å². The second kappa shape index (κ2) is 5.21. The highest BCUT2D eigenvalue weighted by Gasteiger charge is 2.12. The van der Waals surface area contributed by atoms with E-state index in [-0.39, 0.29) is 22.6 Å². The summed E-state index contributed by atoms with van der Waals surface area (Å²) in [5.74, 6) is -1.82. The third-order valence-electron chi connectivity index (χ3n) is 1.73. The quantitative estimate of drug-likeness (QED) is 0.846. The lowest BCUT2D eigenvalue weighted by atomic mass is 10.3. The van der Waals surface area contributed by atoms with Crippen molar-refractivity contribution in [3.63, 3.8) is 0 Å². The summed E-state index contributed by atoms with van der Waals surface area (Å²) in [4.78, 5) is 10.9. The van der Waals surface area contributed by atoms with E-state index in [0.29, 0.717) is 12.5 Å². The van der Waals surface area contributed by atoms with E-state index in [2.05, 4.69) is 15.9 Å². The molecule has 0 N–H and O–H groups in total. The van der Waals surface area contributed by atoms with Crippen LogP contribution in [0.3, 0.4) is 0 Å². The number of carbonyl (C=O) groups excluding carboxylic acids is 1. The zero-order valence-electron chi connectivity index (χ0n) is 8.02. The zero-order chi connectivity index (χ0) is 11.4. The number of hydrogen-bond acceptors (Lipinski definition) is 2. The summed E-state index contributed by atoms with van der Waals surface area (Å²) in [6, 6.07) is 1.78. The molecule has 0 amide bonds. The molecule has 0 fully saturated rings. The minimum Gasteiger partial charge on any atom is -0.482 e. The molecular formula is C10H9BrF2O2. The first-order valence-electron chi connectivity index (χ1n) is 4.33. The molecule has 15 heavy (non-hydrogen) atoms. The minimum atomic E-state index is -0.828. The van der Waals surface area contributed by atoms with Crippen LogP contribution in [0.25, 0.3) is 0 Å². The maximum atomic E-state index is 13.2. The monoisotopic (exact) mass is 278 g/mol. The van der Waals surface area contributed by atoms with E-state index in [1.54, 1.807) is 6.92 Å². The number of halogens is 3. The Kier molecular flexibility index (Phi) is 4.20. The van der Waals surface area contributed by atoms with E-state index in [1.807, 2.05) is 0 Å². The molecule has 0 saturated carbocycles. The smallest absolute Gasteiger partial charge is 0.169 e. The maximum Gasteiger partial charge on any atom is 0.169 e. The lowest BCUT2D eigenvalue weighted by Gasteiger charge is -2.07. The van der Waals surface area contributed by atoms with E-state index >= 15 is 0 Å². The van der Waals surface area contributed by atoms with Crippen LogP contribution in [0.1, 0.15) is 13.3 Å². The molecule has 0 aromatic heterocycles. The first-order valence-corrected chi connectivity index (χ1v) is 5.13. The third kappa shape index (κ3) is 3.27. The molecule has 0 aliphatic heterocycles. The molecule has 0 atom stereocenters. The van der Waals surface area contributed by atoms with E-state index in [9.17, 15) is 13.6 Å². The van der Waals surface area contributed by atoms with Crippen molar-refractivity contribution in [2.75, 3.05) is 6.61 Å². The van der Waals surface area contributed by atoms with Crippen LogP contribution in [0, 0.1) is 11.6 Å². The van der Waals surface area contributed by atoms with E-state index in [1.165, 1.54) is 0 Å². The first kappa shape index (κ1) is 12.1. The van der Waals surface area contributed by atoms with Gasteiger partial charge in [-0.2, -0.15) is 0 Å². The van der Waals surface area contributed by atoms with Gasteiger partial charge >= 0.3 is 0 Å². The number of ether oxygens (including phenoxy) is 1. The van der Waals surface area contributed by atoms with Crippen LogP contribution in [-0.2, 0) is 4.79 Å². The van der Waals surface area contributed by atoms with Gasteiger partial charge in [-0.05, 0) is 22.0 Å². The largest absolute Gasteiger partial charge is 0.482 e. The molecule has 0 saturated heterocycles. The molecule has 0 spiro atoms. The van der Waals surface area contributed by atoms with Gasteiger partial charge in [-0.25, -0.2) is 8.78 Å². The third-order valence-corrected chi connectivity index (χ3v) is 2.32. The highest BCUT2D eigenvalue weighted by Crippen LogP contribution is 2.29. The van der Waals surface area contributed by atoms with Crippen LogP contribution in [0.2, 0.25) is 0 Å². The highest BCUT2D eigenvalue weighted by molar-refractivity contribution is 9.10. The normalized spacial score (nSPS) is 10.1. The summed E-state index contributed by atoms with van der Waals surface area (Å²) in [7, 11) is 0. The molecule has 0 aliphatic carbocycles. The molecule has 5 heteroatoms. The fraction of sp³-hybridized carbons (Fsp3) is 0.300. The molecule has 0 radical (unpaired) electrons. The van der Waals surface area contributed by atoms with Crippen molar-refractivity contribution >= 4 is 21.7 Å². The summed E-state index contributed by atoms with van der Waals surface area (Å²) in [6.07, 6.45) is 0.320. The van der Waals surface area contributed by atoms with Crippen molar-refractivity contribution < 1.29 is 18.3 Å². The second-order valence-electron chi connectivity index (χ2n) is 2.88. The average molecular weight is 279 g/mol. The molecule has 82 valence electrons. The molecule has 0 unspecified atom stereocenters. The van der Waals surface area contributed by atoms with Crippen molar-refractivity contribution in [2.24, 2.45) is 0 Å². The van der Waals surface area contributed by atoms with Crippen LogP contribution in [0.4, 0.5) is 8.78 Å². The summed E-state index contributed by atoms with van der Waals surface area (Å²) < 4.78 is 30.9. The van der Waals surface area contributed by atoms with Crippen molar-refractivity contribution in [2.45, 2.75) is 13.3 Å². The lowest BCUT2D eigenvalue weighted by Crippen LogP contribution is -2.10. The van der Waals surface area contributed by atoms with Crippen molar-refractivity contribution in [3.05, 3.63) is 28.2 Å². The summed E-state index contributed by atoms with van der Waals surface area (Å²) >= 11 is 2.95. The number of carbonyl (C=O) groups is 1. The maximum absolute atomic E-state index is 13.2. The Hall–Kier alpha value is -0.970. The van der Waals surface area contributed by atoms with Gasteiger partial charge in [0.25, 0.3) is 0 Å². The molecule has 0 aliphatic rings. The van der Waals surface area contributed by atoms with Crippen LogP contribution >= 0.6 is 15.9 Å². The standard InChI is InChI=1S/C10H9BrF2O2/c1-2-7(14)5-15-10-8(11)3-6(12)4-9(10)13/h3-4H,2,5H2,1H3. The van der Waals surface area contributed by atoms with Gasteiger partial charge in [0.1, 0.15) is 12.4 Å². The number of Topliss-reactive ketones (excluding diaryl/α,β-unsaturated/α-hetero) is 1. The van der Waals surface area contributed by atoms with E-state index in [4.69, 9.17) is 4.74 Å². The minimum absolute atomic E-state index is 0.141. The molecular weight excluding hydrogens is 270 g/mol. The zero-order valence-corrected chi connectivity index (χ0v) is 9.61. The molecule has 0 bridgehead atoms. The molecule has 1 aromatic carbocycles. The summed E-state index contributed by atoms with van der Waals surface area (Å²) in [5, 5.41) is 0. The van der Waals surface area contributed by atoms with Gasteiger partial charge in [0, 0.05) is 12.5 Å². The van der Waals surface area contributed by atoms with Gasteiger partial charge in [-0.3, -0.25) is 4.79 Å². The number of benzene rings is 1. The summed E-state index contributed by atoms with van der Waals surface area (Å²) in [5.41, 5.74) is 0. The Labute approximate surface area is 94.4 Å². The molecule has 1 aromatic rings. The summed E-state index contributed by atoms with van der Waals surface area (Å²) in [6.45, 7) is 1.47. The van der Waals surface area contributed by atoms with Crippen LogP contribution in [0.15, 0.2) is 16.6 Å². The van der Waals surface area contributed by atoms with Crippen LogP contribution in [0.5, 0.6) is 5.75 Å². The topological polar surface area (TPSA) is 26.3 Å². The highest BCUT2D eigenvalue weighted by atomic mass is 79.9. The Morgan fingerprint density at radius 1 is 1.47 bits per heavy atom. The van der Waals surface area contributed by atoms with Gasteiger partial charge in [-0.15, -0.1) is 0 Å². The first-order chi connectivity index (χ1) is 7.04. The second-order valence-corrected chi connectivity index (χ2v) is 3.73. The van der Waals surface area contributed by atoms with E-state index < -0.39 is 11.6 Å². The molecule has 1 rings (SSSR count). The van der Waals surface area contributed by atoms with E-state index in [0.717, 1.165) is 6.07 Å². The van der Waals surface area contributed by atoms with Crippen molar-refractivity contribution in [1.29, 1.82) is 0 Å². The Balaban J connectivity index is 2.81. The van der Waals surface area contributed by atoms with Gasteiger partial charge in [0.15, 0.2) is 17.3 Å². The molecule has 2 nitrogen and oxygen atoms in total. The predicted molar refractivity (Wildman–Crippen MR) is 54.9 cm³/mol. The number of rotatable bonds is 4. The number of hydrogen-bond donors (Lipinski definition) is 0. The Morgan fingerprint density at radius 2 is 2.13 bits per heavy atom. The average Bonchev–Trinajstić information content (AvgIpc) is 2.15. The van der Waals surface area contributed by atoms with Gasteiger partial charge in [-0.1, -0.05) is 6.92 Å². The Bertz CT molecular complexity index is 357. The van der Waals surface area contributed by atoms with Gasteiger partial charge < -0.3 is 4.74 Å². The lowest BCUT2D eigenvalue weighted by molar-refractivity contribution is -0.120.